The maximum Gasteiger partial charge on any atom is 0.242 e. The standard InChI is InChI=1S/C15H29N3O3/c1-15(2,18-9-5-16-6-10-18)14(20)17-7-3-13(4-8-17)21-12-11-19/h13,16,19H,3-12H2,1-2H3. The van der Waals surface area contributed by atoms with Crippen molar-refractivity contribution < 1.29 is 14.6 Å². The van der Waals surface area contributed by atoms with E-state index in [4.69, 9.17) is 9.84 Å². The Kier molecular flexibility index (Phi) is 5.98. The number of amides is 1. The number of hydrogen-bond acceptors (Lipinski definition) is 5. The SMILES string of the molecule is CC(C)(C(=O)N1CCC(OCCO)CC1)N1CCNCC1. The smallest absolute Gasteiger partial charge is 0.242 e. The summed E-state index contributed by atoms with van der Waals surface area (Å²) in [6, 6.07) is 0. The van der Waals surface area contributed by atoms with Gasteiger partial charge in [0.2, 0.25) is 5.91 Å². The van der Waals surface area contributed by atoms with Crippen LogP contribution in [0, 0.1) is 0 Å². The number of hydrogen-bond donors (Lipinski definition) is 2. The quantitative estimate of drug-likeness (QED) is 0.728. The fraction of sp³-hybridized carbons (Fsp3) is 0.933. The van der Waals surface area contributed by atoms with Crippen LogP contribution in [-0.4, -0.2) is 84.9 Å². The van der Waals surface area contributed by atoms with Crippen molar-refractivity contribution in [3.8, 4) is 0 Å². The fourth-order valence-corrected chi connectivity index (χ4v) is 3.19. The summed E-state index contributed by atoms with van der Waals surface area (Å²) in [5.41, 5.74) is -0.430. The van der Waals surface area contributed by atoms with Crippen molar-refractivity contribution in [1.29, 1.82) is 0 Å². The molecule has 21 heavy (non-hydrogen) atoms. The Morgan fingerprint density at radius 2 is 1.86 bits per heavy atom. The molecule has 0 unspecified atom stereocenters. The van der Waals surface area contributed by atoms with Crippen molar-refractivity contribution in [2.45, 2.75) is 38.3 Å². The average molecular weight is 299 g/mol. The highest BCUT2D eigenvalue weighted by Crippen LogP contribution is 2.22. The van der Waals surface area contributed by atoms with E-state index in [0.717, 1.165) is 52.1 Å². The summed E-state index contributed by atoms with van der Waals surface area (Å²) in [5.74, 6) is 0.227. The van der Waals surface area contributed by atoms with E-state index in [1.807, 2.05) is 18.7 Å². The highest BCUT2D eigenvalue weighted by Gasteiger charge is 2.39. The van der Waals surface area contributed by atoms with Gasteiger partial charge in [0, 0.05) is 39.3 Å². The molecule has 2 aliphatic rings. The van der Waals surface area contributed by atoms with Crippen LogP contribution in [0.5, 0.6) is 0 Å². The fourth-order valence-electron chi connectivity index (χ4n) is 3.19. The van der Waals surface area contributed by atoms with Crippen molar-refractivity contribution in [2.24, 2.45) is 0 Å². The van der Waals surface area contributed by atoms with E-state index >= 15 is 0 Å². The van der Waals surface area contributed by atoms with Crippen LogP contribution < -0.4 is 5.32 Å². The number of ether oxygens (including phenoxy) is 1. The molecule has 6 heteroatoms. The number of carbonyl (C=O) groups excluding carboxylic acids is 1. The van der Waals surface area contributed by atoms with Gasteiger partial charge in [0.25, 0.3) is 0 Å². The van der Waals surface area contributed by atoms with Crippen molar-refractivity contribution in [3.63, 3.8) is 0 Å². The van der Waals surface area contributed by atoms with Crippen LogP contribution in [0.25, 0.3) is 0 Å². The van der Waals surface area contributed by atoms with Crippen LogP contribution in [0.2, 0.25) is 0 Å². The molecule has 2 heterocycles. The van der Waals surface area contributed by atoms with Crippen LogP contribution in [0.1, 0.15) is 26.7 Å². The molecule has 0 radical (unpaired) electrons. The molecule has 0 aliphatic carbocycles. The normalized spacial score (nSPS) is 22.5. The molecule has 6 nitrogen and oxygen atoms in total. The first-order chi connectivity index (χ1) is 10.1. The number of likely N-dealkylation sites (tertiary alicyclic amines) is 1. The summed E-state index contributed by atoms with van der Waals surface area (Å²) < 4.78 is 5.56. The second kappa shape index (κ2) is 7.54. The number of aliphatic hydroxyl groups is 1. The van der Waals surface area contributed by atoms with Gasteiger partial charge in [0.1, 0.15) is 0 Å². The Hall–Kier alpha value is -0.690. The topological polar surface area (TPSA) is 65.0 Å². The van der Waals surface area contributed by atoms with Crippen LogP contribution in [-0.2, 0) is 9.53 Å². The summed E-state index contributed by atoms with van der Waals surface area (Å²) in [4.78, 5) is 17.1. The Labute approximate surface area is 127 Å². The van der Waals surface area contributed by atoms with Gasteiger partial charge in [-0.15, -0.1) is 0 Å². The lowest BCUT2D eigenvalue weighted by Gasteiger charge is -2.44. The first-order valence-electron chi connectivity index (χ1n) is 8.03. The molecule has 1 amide bonds. The molecular formula is C15H29N3O3. The maximum absolute atomic E-state index is 12.8. The largest absolute Gasteiger partial charge is 0.394 e. The second-order valence-corrected chi connectivity index (χ2v) is 6.38. The maximum atomic E-state index is 12.8. The van der Waals surface area contributed by atoms with Gasteiger partial charge in [-0.1, -0.05) is 0 Å². The number of nitrogens with zero attached hydrogens (tertiary/aromatic N) is 2. The van der Waals surface area contributed by atoms with Crippen LogP contribution >= 0.6 is 0 Å². The summed E-state index contributed by atoms with van der Waals surface area (Å²) in [6.45, 7) is 9.80. The van der Waals surface area contributed by atoms with Gasteiger partial charge >= 0.3 is 0 Å². The Morgan fingerprint density at radius 3 is 2.43 bits per heavy atom. The molecule has 0 atom stereocenters. The minimum absolute atomic E-state index is 0.0647. The van der Waals surface area contributed by atoms with Crippen LogP contribution in [0.15, 0.2) is 0 Å². The van der Waals surface area contributed by atoms with Gasteiger partial charge in [-0.3, -0.25) is 9.69 Å². The van der Waals surface area contributed by atoms with Crippen LogP contribution in [0.3, 0.4) is 0 Å². The van der Waals surface area contributed by atoms with Gasteiger partial charge in [-0.25, -0.2) is 0 Å². The number of rotatable bonds is 5. The lowest BCUT2D eigenvalue weighted by molar-refractivity contribution is -0.146. The molecule has 0 saturated carbocycles. The summed E-state index contributed by atoms with van der Waals surface area (Å²) in [6.07, 6.45) is 1.91. The average Bonchev–Trinajstić information content (AvgIpc) is 2.53. The third-order valence-corrected chi connectivity index (χ3v) is 4.60. The molecule has 2 aliphatic heterocycles. The lowest BCUT2D eigenvalue weighted by Crippen LogP contribution is -2.61. The number of aliphatic hydroxyl groups excluding tert-OH is 1. The number of piperidine rings is 1. The highest BCUT2D eigenvalue weighted by molar-refractivity contribution is 5.85. The molecule has 2 fully saturated rings. The molecule has 2 rings (SSSR count). The van der Waals surface area contributed by atoms with Crippen molar-refractivity contribution in [1.82, 2.24) is 15.1 Å². The monoisotopic (exact) mass is 299 g/mol. The van der Waals surface area contributed by atoms with Crippen molar-refractivity contribution in [3.05, 3.63) is 0 Å². The molecular weight excluding hydrogens is 270 g/mol. The third kappa shape index (κ3) is 4.16. The van der Waals surface area contributed by atoms with E-state index in [9.17, 15) is 4.79 Å². The molecule has 0 aromatic heterocycles. The van der Waals surface area contributed by atoms with Gasteiger partial charge in [-0.2, -0.15) is 0 Å². The van der Waals surface area contributed by atoms with E-state index in [-0.39, 0.29) is 18.6 Å². The molecule has 0 spiro atoms. The van der Waals surface area contributed by atoms with Gasteiger partial charge in [0.15, 0.2) is 0 Å². The Bertz CT molecular complexity index is 335. The van der Waals surface area contributed by atoms with Crippen molar-refractivity contribution in [2.75, 3.05) is 52.5 Å². The minimum atomic E-state index is -0.430. The van der Waals surface area contributed by atoms with E-state index in [1.54, 1.807) is 0 Å². The molecule has 2 saturated heterocycles. The lowest BCUT2D eigenvalue weighted by atomic mass is 9.97. The minimum Gasteiger partial charge on any atom is -0.394 e. The van der Waals surface area contributed by atoms with E-state index in [2.05, 4.69) is 10.2 Å². The predicted molar refractivity (Wildman–Crippen MR) is 81.2 cm³/mol. The Morgan fingerprint density at radius 1 is 1.24 bits per heavy atom. The highest BCUT2D eigenvalue weighted by atomic mass is 16.5. The number of nitrogens with one attached hydrogen (secondary N) is 1. The second-order valence-electron chi connectivity index (χ2n) is 6.38. The zero-order valence-electron chi connectivity index (χ0n) is 13.3. The number of carbonyl (C=O) groups is 1. The van der Waals surface area contributed by atoms with E-state index in [1.165, 1.54) is 0 Å². The molecule has 0 bridgehead atoms. The van der Waals surface area contributed by atoms with Crippen molar-refractivity contribution >= 4 is 5.91 Å². The first-order valence-corrected chi connectivity index (χ1v) is 8.03. The first kappa shape index (κ1) is 16.7. The van der Waals surface area contributed by atoms with E-state index < -0.39 is 5.54 Å². The molecule has 0 aromatic rings. The zero-order chi connectivity index (χ0) is 15.3. The zero-order valence-corrected chi connectivity index (χ0v) is 13.3. The Balaban J connectivity index is 1.85. The summed E-state index contributed by atoms with van der Waals surface area (Å²) in [5, 5.41) is 12.1. The summed E-state index contributed by atoms with van der Waals surface area (Å²) >= 11 is 0. The summed E-state index contributed by atoms with van der Waals surface area (Å²) in [7, 11) is 0. The van der Waals surface area contributed by atoms with Gasteiger partial charge < -0.3 is 20.1 Å². The third-order valence-electron chi connectivity index (χ3n) is 4.60. The number of piperazine rings is 1. The van der Waals surface area contributed by atoms with E-state index in [0.29, 0.717) is 6.61 Å². The molecule has 2 N–H and O–H groups in total. The molecule has 122 valence electrons. The van der Waals surface area contributed by atoms with Gasteiger partial charge in [-0.05, 0) is 26.7 Å². The van der Waals surface area contributed by atoms with Gasteiger partial charge in [0.05, 0.1) is 24.9 Å². The van der Waals surface area contributed by atoms with Crippen LogP contribution in [0.4, 0.5) is 0 Å². The predicted octanol–water partition coefficient (Wildman–Crippen LogP) is -0.330. The molecule has 0 aromatic carbocycles.